The fourth-order valence-corrected chi connectivity index (χ4v) is 3.24. The molecule has 136 valence electrons. The van der Waals surface area contributed by atoms with E-state index >= 15 is 0 Å². The van der Waals surface area contributed by atoms with Gasteiger partial charge in [-0.25, -0.2) is 0 Å². The van der Waals surface area contributed by atoms with E-state index in [1.54, 1.807) is 0 Å². The van der Waals surface area contributed by atoms with Gasteiger partial charge in [-0.15, -0.1) is 24.8 Å². The van der Waals surface area contributed by atoms with Crippen LogP contribution in [0.5, 0.6) is 0 Å². The van der Waals surface area contributed by atoms with Gasteiger partial charge in [0, 0.05) is 38.4 Å². The van der Waals surface area contributed by atoms with Gasteiger partial charge in [0.25, 0.3) is 0 Å². The number of carbonyl (C=O) groups is 1. The van der Waals surface area contributed by atoms with Gasteiger partial charge in [0.1, 0.15) is 6.04 Å². The minimum Gasteiger partial charge on any atom is -0.375 e. The maximum Gasteiger partial charge on any atom is 0.242 e. The molecule has 0 radical (unpaired) electrons. The van der Waals surface area contributed by atoms with Crippen molar-refractivity contribution in [2.45, 2.75) is 25.5 Å². The second kappa shape index (κ2) is 10.1. The van der Waals surface area contributed by atoms with E-state index < -0.39 is 0 Å². The molecular weight excluding hydrogens is 349 g/mol. The highest BCUT2D eigenvalue weighted by Crippen LogP contribution is 2.17. The number of rotatable bonds is 2. The summed E-state index contributed by atoms with van der Waals surface area (Å²) in [6, 6.07) is 10.2. The number of hydrogen-bond donors (Lipinski definition) is 1. The maximum atomic E-state index is 12.7. The Balaban J connectivity index is 0.00000144. The molecular formula is C17H27Cl2N3O2. The molecule has 2 heterocycles. The molecule has 2 aliphatic heterocycles. The van der Waals surface area contributed by atoms with E-state index in [9.17, 15) is 4.79 Å². The van der Waals surface area contributed by atoms with Gasteiger partial charge in [-0.2, -0.15) is 0 Å². The Kier molecular flexibility index (Phi) is 8.84. The molecule has 7 heteroatoms. The first kappa shape index (κ1) is 21.0. The lowest BCUT2D eigenvalue weighted by Crippen LogP contribution is -2.56. The van der Waals surface area contributed by atoms with E-state index in [0.717, 1.165) is 39.1 Å². The minimum atomic E-state index is -0.197. The first-order valence-corrected chi connectivity index (χ1v) is 8.19. The molecule has 1 aromatic rings. The highest BCUT2D eigenvalue weighted by molar-refractivity contribution is 5.85. The van der Waals surface area contributed by atoms with Crippen LogP contribution in [0.25, 0.3) is 0 Å². The first-order chi connectivity index (χ1) is 10.8. The number of hydrogen-bond acceptors (Lipinski definition) is 4. The molecule has 1 N–H and O–H groups in total. The highest BCUT2D eigenvalue weighted by Gasteiger charge is 2.32. The lowest BCUT2D eigenvalue weighted by Gasteiger charge is -2.33. The van der Waals surface area contributed by atoms with Crippen LogP contribution in [0.15, 0.2) is 30.3 Å². The van der Waals surface area contributed by atoms with Gasteiger partial charge in [0.05, 0.1) is 12.7 Å². The number of halogens is 2. The second-order valence-electron chi connectivity index (χ2n) is 6.01. The number of carbonyl (C=O) groups excluding carboxylic acids is 1. The molecule has 2 atom stereocenters. The van der Waals surface area contributed by atoms with Crippen LogP contribution in [0.2, 0.25) is 0 Å². The van der Waals surface area contributed by atoms with Crippen LogP contribution in [0.3, 0.4) is 0 Å². The van der Waals surface area contributed by atoms with Crippen LogP contribution in [0.1, 0.15) is 13.3 Å². The third kappa shape index (κ3) is 4.99. The average molecular weight is 376 g/mol. The molecule has 0 aliphatic carbocycles. The van der Waals surface area contributed by atoms with E-state index in [1.165, 1.54) is 5.69 Å². The summed E-state index contributed by atoms with van der Waals surface area (Å²) >= 11 is 0. The Morgan fingerprint density at radius 2 is 1.88 bits per heavy atom. The second-order valence-corrected chi connectivity index (χ2v) is 6.01. The van der Waals surface area contributed by atoms with Crippen LogP contribution < -0.4 is 10.2 Å². The van der Waals surface area contributed by atoms with Gasteiger partial charge in [0.15, 0.2) is 0 Å². The van der Waals surface area contributed by atoms with Crippen molar-refractivity contribution in [3.05, 3.63) is 30.3 Å². The summed E-state index contributed by atoms with van der Waals surface area (Å²) in [5, 5.41) is 3.30. The molecule has 0 spiro atoms. The number of morpholine rings is 1. The standard InChI is InChI=1S/C17H25N3O2.2ClH/c1-14-16(18-8-13-22-14)17(21)20-10-5-9-19(11-12-20)15-6-3-2-4-7-15;;/h2-4,6-7,14,16,18H,5,8-13H2,1H3;2*1H/t14-,16+;;/m1../s1. The van der Waals surface area contributed by atoms with Crippen molar-refractivity contribution >= 4 is 36.4 Å². The van der Waals surface area contributed by atoms with Crippen LogP contribution in [-0.2, 0) is 9.53 Å². The molecule has 24 heavy (non-hydrogen) atoms. The van der Waals surface area contributed by atoms with Crippen molar-refractivity contribution in [1.29, 1.82) is 0 Å². The summed E-state index contributed by atoms with van der Waals surface area (Å²) in [7, 11) is 0. The average Bonchev–Trinajstić information content (AvgIpc) is 2.81. The van der Waals surface area contributed by atoms with Crippen molar-refractivity contribution in [3.63, 3.8) is 0 Å². The van der Waals surface area contributed by atoms with Crippen molar-refractivity contribution in [2.75, 3.05) is 44.2 Å². The zero-order chi connectivity index (χ0) is 15.4. The molecule has 1 amide bonds. The quantitative estimate of drug-likeness (QED) is 0.857. The molecule has 2 aliphatic rings. The van der Waals surface area contributed by atoms with Crippen molar-refractivity contribution in [1.82, 2.24) is 10.2 Å². The molecule has 0 saturated carbocycles. The number of anilines is 1. The Morgan fingerprint density at radius 3 is 2.58 bits per heavy atom. The number of nitrogens with one attached hydrogen (secondary N) is 1. The number of amides is 1. The number of nitrogens with zero attached hydrogens (tertiary/aromatic N) is 2. The lowest BCUT2D eigenvalue weighted by molar-refractivity contribution is -0.139. The number of para-hydroxylation sites is 1. The topological polar surface area (TPSA) is 44.8 Å². The van der Waals surface area contributed by atoms with Crippen molar-refractivity contribution in [3.8, 4) is 0 Å². The smallest absolute Gasteiger partial charge is 0.242 e. The normalized spacial score (nSPS) is 24.4. The third-order valence-electron chi connectivity index (χ3n) is 4.51. The Hall–Kier alpha value is -1.01. The molecule has 1 aromatic carbocycles. The maximum absolute atomic E-state index is 12.7. The van der Waals surface area contributed by atoms with E-state index in [2.05, 4.69) is 34.5 Å². The monoisotopic (exact) mass is 375 g/mol. The fraction of sp³-hybridized carbons (Fsp3) is 0.588. The van der Waals surface area contributed by atoms with Crippen LogP contribution >= 0.6 is 24.8 Å². The first-order valence-electron chi connectivity index (χ1n) is 8.19. The van der Waals surface area contributed by atoms with Crippen molar-refractivity contribution < 1.29 is 9.53 Å². The van der Waals surface area contributed by atoms with Crippen LogP contribution in [0, 0.1) is 0 Å². The molecule has 2 saturated heterocycles. The Morgan fingerprint density at radius 1 is 1.12 bits per heavy atom. The van der Waals surface area contributed by atoms with Crippen LogP contribution in [0.4, 0.5) is 5.69 Å². The van der Waals surface area contributed by atoms with E-state index in [1.807, 2.05) is 17.9 Å². The lowest BCUT2D eigenvalue weighted by atomic mass is 10.1. The summed E-state index contributed by atoms with van der Waals surface area (Å²) in [6.45, 7) is 6.90. The third-order valence-corrected chi connectivity index (χ3v) is 4.51. The van der Waals surface area contributed by atoms with Crippen molar-refractivity contribution in [2.24, 2.45) is 0 Å². The molecule has 3 rings (SSSR count). The Labute approximate surface area is 156 Å². The minimum absolute atomic E-state index is 0. The van der Waals surface area contributed by atoms with E-state index in [-0.39, 0.29) is 42.9 Å². The fourth-order valence-electron chi connectivity index (χ4n) is 3.24. The summed E-state index contributed by atoms with van der Waals surface area (Å²) in [6.07, 6.45) is 0.956. The molecule has 0 unspecified atom stereocenters. The summed E-state index contributed by atoms with van der Waals surface area (Å²) in [5.74, 6) is 0.183. The SMILES string of the molecule is C[C@H]1OCCN[C@@H]1C(=O)N1CCCN(c2ccccc2)CC1.Cl.Cl. The predicted molar refractivity (Wildman–Crippen MR) is 102 cm³/mol. The summed E-state index contributed by atoms with van der Waals surface area (Å²) < 4.78 is 5.60. The van der Waals surface area contributed by atoms with Gasteiger partial charge in [-0.3, -0.25) is 4.79 Å². The largest absolute Gasteiger partial charge is 0.375 e. The molecule has 0 aromatic heterocycles. The predicted octanol–water partition coefficient (Wildman–Crippen LogP) is 1.95. The molecule has 5 nitrogen and oxygen atoms in total. The Bertz CT molecular complexity index is 504. The zero-order valence-corrected chi connectivity index (χ0v) is 15.7. The van der Waals surface area contributed by atoms with Gasteiger partial charge < -0.3 is 19.9 Å². The van der Waals surface area contributed by atoms with Gasteiger partial charge in [-0.05, 0) is 25.5 Å². The summed E-state index contributed by atoms with van der Waals surface area (Å²) in [5.41, 5.74) is 1.24. The molecule has 2 fully saturated rings. The van der Waals surface area contributed by atoms with E-state index in [4.69, 9.17) is 4.74 Å². The van der Waals surface area contributed by atoms with E-state index in [0.29, 0.717) is 6.61 Å². The molecule has 0 bridgehead atoms. The zero-order valence-electron chi connectivity index (χ0n) is 14.0. The number of ether oxygens (including phenoxy) is 1. The van der Waals surface area contributed by atoms with Gasteiger partial charge >= 0.3 is 0 Å². The highest BCUT2D eigenvalue weighted by atomic mass is 35.5. The van der Waals surface area contributed by atoms with Crippen LogP contribution in [-0.4, -0.2) is 62.3 Å². The van der Waals surface area contributed by atoms with Gasteiger partial charge in [0.2, 0.25) is 5.91 Å². The number of benzene rings is 1. The van der Waals surface area contributed by atoms with Gasteiger partial charge in [-0.1, -0.05) is 18.2 Å². The summed E-state index contributed by atoms with van der Waals surface area (Å²) in [4.78, 5) is 17.1.